The van der Waals surface area contributed by atoms with Crippen LogP contribution in [0.3, 0.4) is 0 Å². The van der Waals surface area contributed by atoms with E-state index in [1.165, 1.54) is 40.6 Å². The van der Waals surface area contributed by atoms with Crippen LogP contribution in [-0.2, 0) is 40.4 Å². The van der Waals surface area contributed by atoms with Gasteiger partial charge in [-0.1, -0.05) is 142 Å². The molecule has 1 heterocycles. The number of aliphatic hydroxyl groups excluding tert-OH is 1. The third-order valence-corrected chi connectivity index (χ3v) is 18.2. The first kappa shape index (κ1) is 55.1. The second kappa shape index (κ2) is 24.3. The zero-order chi connectivity index (χ0) is 54.9. The van der Waals surface area contributed by atoms with Gasteiger partial charge in [-0.2, -0.15) is 0 Å². The third kappa shape index (κ3) is 12.4. The second-order valence-electron chi connectivity index (χ2n) is 19.9. The molecule has 1 aromatic heterocycles. The van der Waals surface area contributed by atoms with Gasteiger partial charge < -0.3 is 51.8 Å². The van der Waals surface area contributed by atoms with E-state index in [4.69, 9.17) is 46.7 Å². The number of fused-ring (bicyclic) bond motifs is 2. The molecular weight excluding hydrogens is 997 g/mol. The van der Waals surface area contributed by atoms with E-state index in [1.807, 2.05) is 134 Å². The Balaban J connectivity index is 1.36. The molecular formula is C62H64O14Si. The number of esters is 1. The standard InChI is InChI=1S/C62H64O14Si/c1-62(2,3)77(8,9)76-54(46-32-45-49(67-4)34-50(68-5)57(69-6)53(45)59(74-38-42-28-20-13-21-29-42)56(46)72-36-40-24-16-11-17-25-40)48(64)33-47(63)44-30-43-31-51(60(65)70-7)75-61(66)52(43)58(73-37-41-26-18-12-19-27-41)55(44)71-35-39-22-14-10-15-23-39/h10-32,34,47,54,63H,33,35-38H2,1-9H3. The summed E-state index contributed by atoms with van der Waals surface area (Å²) in [5, 5.41) is 13.5. The number of ketones is 1. The van der Waals surface area contributed by atoms with Gasteiger partial charge in [0.15, 0.2) is 48.6 Å². The average molecular weight is 1060 g/mol. The lowest BCUT2D eigenvalue weighted by Gasteiger charge is -2.39. The largest absolute Gasteiger partial charge is 0.496 e. The van der Waals surface area contributed by atoms with Crippen LogP contribution in [0.2, 0.25) is 18.1 Å². The lowest BCUT2D eigenvalue weighted by molar-refractivity contribution is -0.128. The number of hydrogen-bond donors (Lipinski definition) is 1. The zero-order valence-corrected chi connectivity index (χ0v) is 45.8. The first-order chi connectivity index (χ1) is 37.0. The van der Waals surface area contributed by atoms with Crippen molar-refractivity contribution >= 4 is 41.6 Å². The van der Waals surface area contributed by atoms with Gasteiger partial charge in [-0.05, 0) is 64.0 Å². The van der Waals surface area contributed by atoms with Crippen LogP contribution in [-0.4, -0.2) is 53.6 Å². The summed E-state index contributed by atoms with van der Waals surface area (Å²) < 4.78 is 62.7. The van der Waals surface area contributed by atoms with Crippen molar-refractivity contribution in [3.63, 3.8) is 0 Å². The van der Waals surface area contributed by atoms with Gasteiger partial charge in [0, 0.05) is 29.0 Å². The van der Waals surface area contributed by atoms with Crippen molar-refractivity contribution in [2.24, 2.45) is 0 Å². The maximum absolute atomic E-state index is 15.9. The zero-order valence-electron chi connectivity index (χ0n) is 44.8. The minimum absolute atomic E-state index is 0.0162. The SMILES string of the molecule is COC(=O)c1cc2cc(C(O)CC(=O)C(O[Si](C)(C)C(C)(C)C)c3cc4c(OC)cc(OC)c(OC)c4c(OCc4ccccc4)c3OCc3ccccc3)c(OCc3ccccc3)c(OCc3ccccc3)c2c(=O)o1. The highest BCUT2D eigenvalue weighted by Gasteiger charge is 2.43. The maximum atomic E-state index is 15.9. The van der Waals surface area contributed by atoms with E-state index in [0.717, 1.165) is 22.3 Å². The molecule has 8 rings (SSSR count). The van der Waals surface area contributed by atoms with Crippen LogP contribution in [0.1, 0.15) is 83.3 Å². The molecule has 8 aromatic rings. The van der Waals surface area contributed by atoms with Crippen LogP contribution in [0.15, 0.2) is 155 Å². The van der Waals surface area contributed by atoms with Crippen molar-refractivity contribution in [1.29, 1.82) is 0 Å². The molecule has 0 saturated carbocycles. The Kier molecular flexibility index (Phi) is 17.4. The van der Waals surface area contributed by atoms with Crippen LogP contribution in [0, 0.1) is 0 Å². The molecule has 400 valence electrons. The molecule has 0 amide bonds. The Bertz CT molecular complexity index is 3390. The molecule has 0 fully saturated rings. The maximum Gasteiger partial charge on any atom is 0.374 e. The van der Waals surface area contributed by atoms with Crippen molar-refractivity contribution in [3.8, 4) is 40.2 Å². The smallest absolute Gasteiger partial charge is 0.374 e. The Morgan fingerprint density at radius 3 is 1.45 bits per heavy atom. The number of Topliss-reactive ketones (excluding diaryl/α,β-unsaturated/α-hetero) is 1. The molecule has 14 nitrogen and oxygen atoms in total. The van der Waals surface area contributed by atoms with E-state index in [2.05, 4.69) is 20.8 Å². The second-order valence-corrected chi connectivity index (χ2v) is 24.6. The predicted molar refractivity (Wildman–Crippen MR) is 296 cm³/mol. The van der Waals surface area contributed by atoms with E-state index in [9.17, 15) is 14.7 Å². The minimum Gasteiger partial charge on any atom is -0.496 e. The van der Waals surface area contributed by atoms with Crippen molar-refractivity contribution in [3.05, 3.63) is 195 Å². The van der Waals surface area contributed by atoms with E-state index in [1.54, 1.807) is 12.1 Å². The molecule has 1 N–H and O–H groups in total. The fraction of sp³-hybridized carbons (Fsp3) is 0.274. The lowest BCUT2D eigenvalue weighted by atomic mass is 9.93. The number of methoxy groups -OCH3 is 4. The number of ether oxygens (including phenoxy) is 8. The molecule has 7 aromatic carbocycles. The summed E-state index contributed by atoms with van der Waals surface area (Å²) in [6.45, 7) is 10.4. The van der Waals surface area contributed by atoms with Crippen LogP contribution in [0.5, 0.6) is 40.2 Å². The normalized spacial score (nSPS) is 12.4. The number of benzene rings is 7. The molecule has 0 bridgehead atoms. The average Bonchev–Trinajstić information content (AvgIpc) is 3.47. The van der Waals surface area contributed by atoms with Gasteiger partial charge in [-0.3, -0.25) is 4.79 Å². The Morgan fingerprint density at radius 1 is 0.558 bits per heavy atom. The number of aliphatic hydroxyl groups is 1. The summed E-state index contributed by atoms with van der Waals surface area (Å²) in [7, 11) is 2.81. The van der Waals surface area contributed by atoms with Gasteiger partial charge in [0.1, 0.15) is 43.7 Å². The lowest BCUT2D eigenvalue weighted by Crippen LogP contribution is -2.43. The Morgan fingerprint density at radius 2 is 1.01 bits per heavy atom. The number of rotatable bonds is 23. The molecule has 2 atom stereocenters. The van der Waals surface area contributed by atoms with Gasteiger partial charge in [-0.15, -0.1) is 0 Å². The van der Waals surface area contributed by atoms with E-state index in [0.29, 0.717) is 33.6 Å². The van der Waals surface area contributed by atoms with Crippen LogP contribution >= 0.6 is 0 Å². The van der Waals surface area contributed by atoms with Gasteiger partial charge in [0.25, 0.3) is 0 Å². The van der Waals surface area contributed by atoms with Crippen molar-refractivity contribution in [2.45, 2.75) is 84.0 Å². The number of carbonyl (C=O) groups is 2. The van der Waals surface area contributed by atoms with E-state index in [-0.39, 0.29) is 71.5 Å². The van der Waals surface area contributed by atoms with E-state index < -0.39 is 49.4 Å². The van der Waals surface area contributed by atoms with Gasteiger partial charge >= 0.3 is 11.6 Å². The Labute approximate surface area is 449 Å². The quantitative estimate of drug-likeness (QED) is 0.0474. The summed E-state index contributed by atoms with van der Waals surface area (Å²) in [6, 6.07) is 44.1. The first-order valence-electron chi connectivity index (χ1n) is 25.1. The van der Waals surface area contributed by atoms with Gasteiger partial charge in [-0.25, -0.2) is 9.59 Å². The molecule has 0 saturated heterocycles. The Hall–Kier alpha value is -8.11. The van der Waals surface area contributed by atoms with Crippen LogP contribution in [0.4, 0.5) is 0 Å². The highest BCUT2D eigenvalue weighted by molar-refractivity contribution is 6.74. The van der Waals surface area contributed by atoms with Crippen molar-refractivity contribution < 1.29 is 61.4 Å². The van der Waals surface area contributed by atoms with Crippen molar-refractivity contribution in [1.82, 2.24) is 0 Å². The molecule has 0 spiro atoms. The van der Waals surface area contributed by atoms with E-state index >= 15 is 4.79 Å². The van der Waals surface area contributed by atoms with Gasteiger partial charge in [0.05, 0.1) is 39.9 Å². The molecule has 0 radical (unpaired) electrons. The van der Waals surface area contributed by atoms with Crippen molar-refractivity contribution in [2.75, 3.05) is 28.4 Å². The summed E-state index contributed by atoms with van der Waals surface area (Å²) in [4.78, 5) is 42.9. The highest BCUT2D eigenvalue weighted by Crippen LogP contribution is 2.54. The van der Waals surface area contributed by atoms with Gasteiger partial charge in [0.2, 0.25) is 5.76 Å². The molecule has 2 unspecified atom stereocenters. The predicted octanol–water partition coefficient (Wildman–Crippen LogP) is 12.8. The molecule has 77 heavy (non-hydrogen) atoms. The molecule has 15 heteroatoms. The number of hydrogen-bond acceptors (Lipinski definition) is 14. The minimum atomic E-state index is -2.95. The fourth-order valence-corrected chi connectivity index (χ4v) is 9.83. The third-order valence-electron chi connectivity index (χ3n) is 13.7. The summed E-state index contributed by atoms with van der Waals surface area (Å²) in [6.07, 6.45) is -3.61. The highest BCUT2D eigenvalue weighted by atomic mass is 28.4. The summed E-state index contributed by atoms with van der Waals surface area (Å²) in [5.41, 5.74) is 2.69. The summed E-state index contributed by atoms with van der Waals surface area (Å²) >= 11 is 0. The van der Waals surface area contributed by atoms with Crippen LogP contribution < -0.4 is 38.8 Å². The fourth-order valence-electron chi connectivity index (χ4n) is 8.63. The monoisotopic (exact) mass is 1060 g/mol. The molecule has 0 aliphatic carbocycles. The first-order valence-corrected chi connectivity index (χ1v) is 28.0. The molecule has 0 aliphatic heterocycles. The van der Waals surface area contributed by atoms with Crippen LogP contribution in [0.25, 0.3) is 21.5 Å². The number of carbonyl (C=O) groups excluding carboxylic acids is 2. The summed E-state index contributed by atoms with van der Waals surface area (Å²) in [5.74, 6) is -0.405. The molecule has 0 aliphatic rings. The topological polar surface area (TPSA) is 168 Å².